The fourth-order valence-corrected chi connectivity index (χ4v) is 1.17. The van der Waals surface area contributed by atoms with Crippen LogP contribution in [-0.4, -0.2) is 9.97 Å². The van der Waals surface area contributed by atoms with Crippen LogP contribution >= 0.6 is 0 Å². The number of rotatable bonds is 3. The smallest absolute Gasteiger partial charge is 0.161 e. The quantitative estimate of drug-likeness (QED) is 0.738. The van der Waals surface area contributed by atoms with Gasteiger partial charge in [0.1, 0.15) is 11.9 Å². The average Bonchev–Trinajstić information content (AvgIpc) is 2.48. The third-order valence-electron chi connectivity index (χ3n) is 1.77. The fraction of sp³-hybridized carbons (Fsp3) is 0.556. The van der Waals surface area contributed by atoms with Crippen molar-refractivity contribution < 1.29 is 0 Å². The van der Waals surface area contributed by atoms with Gasteiger partial charge in [0.25, 0.3) is 0 Å². The molecule has 1 aromatic heterocycles. The van der Waals surface area contributed by atoms with Crippen LogP contribution in [0.3, 0.4) is 0 Å². The van der Waals surface area contributed by atoms with Crippen LogP contribution in [0.4, 0.5) is 0 Å². The minimum Gasteiger partial charge on any atom is -0.345 e. The van der Waals surface area contributed by atoms with Gasteiger partial charge >= 0.3 is 0 Å². The summed E-state index contributed by atoms with van der Waals surface area (Å²) < 4.78 is 0. The zero-order valence-electron chi connectivity index (χ0n) is 7.52. The van der Waals surface area contributed by atoms with Gasteiger partial charge in [-0.3, -0.25) is 0 Å². The van der Waals surface area contributed by atoms with E-state index in [2.05, 4.69) is 23.0 Å². The lowest BCUT2D eigenvalue weighted by atomic mass is 10.3. The van der Waals surface area contributed by atoms with Crippen LogP contribution in [-0.2, 0) is 12.8 Å². The van der Waals surface area contributed by atoms with E-state index in [1.165, 1.54) is 0 Å². The zero-order chi connectivity index (χ0) is 8.97. The number of hydrogen-bond donors (Lipinski definition) is 1. The number of aryl methyl sites for hydroxylation is 2. The van der Waals surface area contributed by atoms with Gasteiger partial charge in [0, 0.05) is 6.42 Å². The van der Waals surface area contributed by atoms with Gasteiger partial charge in [-0.25, -0.2) is 4.98 Å². The number of nitriles is 1. The van der Waals surface area contributed by atoms with Gasteiger partial charge in [-0.05, 0) is 12.8 Å². The Labute approximate surface area is 72.4 Å². The molecule has 3 heteroatoms. The summed E-state index contributed by atoms with van der Waals surface area (Å²) in [4.78, 5) is 7.32. The SMILES string of the molecule is CCCc1nc(C#N)c(CC)[nH]1. The molecule has 0 aliphatic rings. The highest BCUT2D eigenvalue weighted by atomic mass is 14.9. The van der Waals surface area contributed by atoms with E-state index < -0.39 is 0 Å². The summed E-state index contributed by atoms with van der Waals surface area (Å²) in [5.74, 6) is 0.936. The van der Waals surface area contributed by atoms with Gasteiger partial charge < -0.3 is 4.98 Å². The zero-order valence-corrected chi connectivity index (χ0v) is 7.52. The molecule has 12 heavy (non-hydrogen) atoms. The molecule has 3 nitrogen and oxygen atoms in total. The van der Waals surface area contributed by atoms with Crippen LogP contribution in [0.25, 0.3) is 0 Å². The van der Waals surface area contributed by atoms with Gasteiger partial charge in [0.05, 0.1) is 5.69 Å². The third-order valence-corrected chi connectivity index (χ3v) is 1.77. The lowest BCUT2D eigenvalue weighted by Gasteiger charge is -1.89. The van der Waals surface area contributed by atoms with Crippen LogP contribution in [0, 0.1) is 11.3 Å². The molecular weight excluding hydrogens is 150 g/mol. The second kappa shape index (κ2) is 3.91. The van der Waals surface area contributed by atoms with Crippen molar-refractivity contribution in [1.82, 2.24) is 9.97 Å². The second-order valence-corrected chi connectivity index (χ2v) is 2.73. The summed E-state index contributed by atoms with van der Waals surface area (Å²) in [6.07, 6.45) is 2.83. The molecule has 0 radical (unpaired) electrons. The standard InChI is InChI=1S/C9H13N3/c1-3-5-9-11-7(4-2)8(6-10)12-9/h3-5H2,1-2H3,(H,11,12). The first-order chi connectivity index (χ1) is 5.81. The predicted octanol–water partition coefficient (Wildman–Crippen LogP) is 1.80. The van der Waals surface area contributed by atoms with E-state index >= 15 is 0 Å². The van der Waals surface area contributed by atoms with Crippen LogP contribution < -0.4 is 0 Å². The summed E-state index contributed by atoms with van der Waals surface area (Å²) in [5.41, 5.74) is 1.52. The number of nitrogens with one attached hydrogen (secondary N) is 1. The van der Waals surface area contributed by atoms with Gasteiger partial charge in [-0.15, -0.1) is 0 Å². The Morgan fingerprint density at radius 2 is 2.25 bits per heavy atom. The van der Waals surface area contributed by atoms with E-state index in [4.69, 9.17) is 5.26 Å². The van der Waals surface area contributed by atoms with E-state index in [-0.39, 0.29) is 0 Å². The first kappa shape index (κ1) is 8.79. The molecule has 0 unspecified atom stereocenters. The summed E-state index contributed by atoms with van der Waals surface area (Å²) in [6, 6.07) is 2.08. The Morgan fingerprint density at radius 3 is 2.67 bits per heavy atom. The summed E-state index contributed by atoms with van der Waals surface area (Å²) in [5, 5.41) is 8.70. The highest BCUT2D eigenvalue weighted by Crippen LogP contribution is 2.06. The Balaban J connectivity index is 2.91. The van der Waals surface area contributed by atoms with E-state index in [1.807, 2.05) is 6.92 Å². The van der Waals surface area contributed by atoms with Crippen molar-refractivity contribution in [2.24, 2.45) is 0 Å². The molecule has 0 bridgehead atoms. The molecule has 1 N–H and O–H groups in total. The Bertz CT molecular complexity index is 293. The van der Waals surface area contributed by atoms with Gasteiger partial charge in [-0.2, -0.15) is 5.26 Å². The highest BCUT2D eigenvalue weighted by molar-refractivity contribution is 5.27. The van der Waals surface area contributed by atoms with Crippen molar-refractivity contribution in [3.8, 4) is 6.07 Å². The van der Waals surface area contributed by atoms with Crippen molar-refractivity contribution in [2.45, 2.75) is 33.1 Å². The Kier molecular flexibility index (Phi) is 2.87. The van der Waals surface area contributed by atoms with E-state index in [0.29, 0.717) is 5.69 Å². The maximum absolute atomic E-state index is 8.70. The second-order valence-electron chi connectivity index (χ2n) is 2.73. The minimum absolute atomic E-state index is 0.556. The third kappa shape index (κ3) is 1.65. The van der Waals surface area contributed by atoms with Crippen molar-refractivity contribution in [3.63, 3.8) is 0 Å². The van der Waals surface area contributed by atoms with Crippen LogP contribution in [0.2, 0.25) is 0 Å². The molecule has 0 aliphatic carbocycles. The Hall–Kier alpha value is -1.30. The molecule has 1 aromatic rings. The summed E-state index contributed by atoms with van der Waals surface area (Å²) >= 11 is 0. The molecule has 0 saturated carbocycles. The summed E-state index contributed by atoms with van der Waals surface area (Å²) in [6.45, 7) is 4.12. The molecule has 0 fully saturated rings. The van der Waals surface area contributed by atoms with E-state index in [0.717, 1.165) is 30.8 Å². The molecule has 0 atom stereocenters. The normalized spacial score (nSPS) is 9.75. The van der Waals surface area contributed by atoms with Crippen molar-refractivity contribution in [2.75, 3.05) is 0 Å². The number of nitrogens with zero attached hydrogens (tertiary/aromatic N) is 2. The van der Waals surface area contributed by atoms with Gasteiger partial charge in [0.15, 0.2) is 5.69 Å². The molecule has 0 aromatic carbocycles. The monoisotopic (exact) mass is 163 g/mol. The fourth-order valence-electron chi connectivity index (χ4n) is 1.17. The maximum Gasteiger partial charge on any atom is 0.161 e. The lowest BCUT2D eigenvalue weighted by molar-refractivity contribution is 0.849. The van der Waals surface area contributed by atoms with Gasteiger partial charge in [-0.1, -0.05) is 13.8 Å². The number of aromatic nitrogens is 2. The van der Waals surface area contributed by atoms with Crippen molar-refractivity contribution in [3.05, 3.63) is 17.2 Å². The highest BCUT2D eigenvalue weighted by Gasteiger charge is 2.06. The lowest BCUT2D eigenvalue weighted by Crippen LogP contribution is -1.85. The molecule has 1 heterocycles. The van der Waals surface area contributed by atoms with E-state index in [1.54, 1.807) is 0 Å². The summed E-state index contributed by atoms with van der Waals surface area (Å²) in [7, 11) is 0. The van der Waals surface area contributed by atoms with Gasteiger partial charge in [0.2, 0.25) is 0 Å². The average molecular weight is 163 g/mol. The number of H-pyrrole nitrogens is 1. The number of imidazole rings is 1. The van der Waals surface area contributed by atoms with Crippen LogP contribution in [0.15, 0.2) is 0 Å². The van der Waals surface area contributed by atoms with Crippen LogP contribution in [0.5, 0.6) is 0 Å². The topological polar surface area (TPSA) is 52.5 Å². The first-order valence-electron chi connectivity index (χ1n) is 4.29. The van der Waals surface area contributed by atoms with Crippen LogP contribution in [0.1, 0.15) is 37.5 Å². The van der Waals surface area contributed by atoms with Crippen molar-refractivity contribution >= 4 is 0 Å². The molecule has 1 rings (SSSR count). The first-order valence-corrected chi connectivity index (χ1v) is 4.29. The predicted molar refractivity (Wildman–Crippen MR) is 46.7 cm³/mol. The largest absolute Gasteiger partial charge is 0.345 e. The molecule has 0 amide bonds. The number of hydrogen-bond acceptors (Lipinski definition) is 2. The minimum atomic E-state index is 0.556. The maximum atomic E-state index is 8.70. The van der Waals surface area contributed by atoms with Crippen molar-refractivity contribution in [1.29, 1.82) is 5.26 Å². The molecule has 0 aliphatic heterocycles. The number of aromatic amines is 1. The molecule has 0 saturated heterocycles. The molecule has 64 valence electrons. The molecular formula is C9H13N3. The molecule has 0 spiro atoms. The van der Waals surface area contributed by atoms with E-state index in [9.17, 15) is 0 Å². The Morgan fingerprint density at radius 1 is 1.50 bits per heavy atom.